The highest BCUT2D eigenvalue weighted by Crippen LogP contribution is 2.29. The van der Waals surface area contributed by atoms with Crippen molar-refractivity contribution in [2.45, 2.75) is 19.0 Å². The van der Waals surface area contributed by atoms with E-state index in [-0.39, 0.29) is 12.3 Å². The summed E-state index contributed by atoms with van der Waals surface area (Å²) in [5.74, 6) is -0.202. The molecule has 0 atom stereocenters. The molecule has 1 amide bonds. The molecule has 0 aliphatic carbocycles. The predicted molar refractivity (Wildman–Crippen MR) is 97.3 cm³/mol. The first-order chi connectivity index (χ1) is 12.2. The number of benzene rings is 2. The monoisotopic (exact) mass is 364 g/mol. The summed E-state index contributed by atoms with van der Waals surface area (Å²) in [5, 5.41) is 0. The Kier molecular flexibility index (Phi) is 6.29. The van der Waals surface area contributed by atoms with E-state index in [1.807, 2.05) is 43.3 Å². The van der Waals surface area contributed by atoms with E-state index >= 15 is 0 Å². The highest BCUT2D eigenvalue weighted by Gasteiger charge is 2.30. The van der Waals surface area contributed by atoms with Crippen LogP contribution < -0.4 is 4.90 Å². The summed E-state index contributed by atoms with van der Waals surface area (Å²) in [5.41, 5.74) is 1.85. The van der Waals surface area contributed by atoms with Gasteiger partial charge in [-0.1, -0.05) is 36.4 Å². The largest absolute Gasteiger partial charge is 0.416 e. The summed E-state index contributed by atoms with van der Waals surface area (Å²) in [6, 6.07) is 12.9. The molecule has 2 rings (SSSR count). The zero-order valence-corrected chi connectivity index (χ0v) is 15.2. The van der Waals surface area contributed by atoms with Crippen molar-refractivity contribution in [3.05, 3.63) is 65.2 Å². The molecule has 0 radical (unpaired) electrons. The number of likely N-dealkylation sites (N-methyl/N-ethyl adjacent to an activating group) is 1. The SMILES string of the molecule is CN(CCc1ccccc1N(C)C)C(=O)Cc1cccc(C(F)(F)F)c1. The van der Waals surface area contributed by atoms with E-state index in [9.17, 15) is 18.0 Å². The second-order valence-corrected chi connectivity index (χ2v) is 6.46. The molecule has 0 aliphatic heterocycles. The van der Waals surface area contributed by atoms with Crippen LogP contribution in [0.2, 0.25) is 0 Å². The minimum atomic E-state index is -4.40. The van der Waals surface area contributed by atoms with Gasteiger partial charge in [0, 0.05) is 33.4 Å². The smallest absolute Gasteiger partial charge is 0.377 e. The summed E-state index contributed by atoms with van der Waals surface area (Å²) in [4.78, 5) is 15.9. The van der Waals surface area contributed by atoms with Crippen molar-refractivity contribution in [2.75, 3.05) is 32.6 Å². The van der Waals surface area contributed by atoms with E-state index in [4.69, 9.17) is 0 Å². The Morgan fingerprint density at radius 2 is 1.69 bits per heavy atom. The Morgan fingerprint density at radius 3 is 2.35 bits per heavy atom. The topological polar surface area (TPSA) is 23.6 Å². The van der Waals surface area contributed by atoms with Gasteiger partial charge >= 0.3 is 6.18 Å². The molecule has 3 nitrogen and oxygen atoms in total. The van der Waals surface area contributed by atoms with Gasteiger partial charge in [-0.25, -0.2) is 0 Å². The Balaban J connectivity index is 1.99. The number of rotatable bonds is 6. The molecule has 0 N–H and O–H groups in total. The lowest BCUT2D eigenvalue weighted by molar-refractivity contribution is -0.137. The maximum Gasteiger partial charge on any atom is 0.416 e. The molecule has 140 valence electrons. The maximum atomic E-state index is 12.8. The highest BCUT2D eigenvalue weighted by molar-refractivity contribution is 5.78. The van der Waals surface area contributed by atoms with Gasteiger partial charge < -0.3 is 9.80 Å². The number of anilines is 1. The Bertz CT molecular complexity index is 757. The summed E-state index contributed by atoms with van der Waals surface area (Å²) in [7, 11) is 5.59. The zero-order valence-electron chi connectivity index (χ0n) is 15.2. The molecule has 6 heteroatoms. The molecule has 0 spiro atoms. The van der Waals surface area contributed by atoms with Gasteiger partial charge in [-0.05, 0) is 29.7 Å². The Labute approximate surface area is 152 Å². The lowest BCUT2D eigenvalue weighted by Crippen LogP contribution is -2.30. The van der Waals surface area contributed by atoms with E-state index in [0.717, 1.165) is 23.4 Å². The molecule has 0 bridgehead atoms. The Morgan fingerprint density at radius 1 is 1.00 bits per heavy atom. The zero-order chi connectivity index (χ0) is 19.3. The molecule has 0 fully saturated rings. The third-order valence-corrected chi connectivity index (χ3v) is 4.23. The second-order valence-electron chi connectivity index (χ2n) is 6.46. The molecule has 0 heterocycles. The van der Waals surface area contributed by atoms with Crippen LogP contribution in [0, 0.1) is 0 Å². The minimum Gasteiger partial charge on any atom is -0.377 e. The van der Waals surface area contributed by atoms with E-state index in [1.165, 1.54) is 6.07 Å². The Hall–Kier alpha value is -2.50. The predicted octanol–water partition coefficient (Wildman–Crippen LogP) is 4.02. The van der Waals surface area contributed by atoms with Crippen LogP contribution in [0.5, 0.6) is 0 Å². The molecular weight excluding hydrogens is 341 g/mol. The third kappa shape index (κ3) is 5.25. The van der Waals surface area contributed by atoms with Gasteiger partial charge in [0.25, 0.3) is 0 Å². The molecule has 0 saturated carbocycles. The molecule has 0 aliphatic rings. The van der Waals surface area contributed by atoms with E-state index < -0.39 is 11.7 Å². The number of hydrogen-bond donors (Lipinski definition) is 0. The van der Waals surface area contributed by atoms with Crippen molar-refractivity contribution < 1.29 is 18.0 Å². The summed E-state index contributed by atoms with van der Waals surface area (Å²) < 4.78 is 38.3. The van der Waals surface area contributed by atoms with E-state index in [2.05, 4.69) is 0 Å². The van der Waals surface area contributed by atoms with Crippen LogP contribution in [0.25, 0.3) is 0 Å². The summed E-state index contributed by atoms with van der Waals surface area (Å²) >= 11 is 0. The first-order valence-electron chi connectivity index (χ1n) is 8.34. The van der Waals surface area contributed by atoms with Crippen molar-refractivity contribution in [3.8, 4) is 0 Å². The van der Waals surface area contributed by atoms with Crippen LogP contribution in [-0.4, -0.2) is 38.5 Å². The molecule has 2 aromatic rings. The number of alkyl halides is 3. The van der Waals surface area contributed by atoms with Gasteiger partial charge in [-0.15, -0.1) is 0 Å². The number of halogens is 3. The number of carbonyl (C=O) groups is 1. The standard InChI is InChI=1S/C20H23F3N2O/c1-24(2)18-10-5-4-8-16(18)11-12-25(3)19(26)14-15-7-6-9-17(13-15)20(21,22)23/h4-10,13H,11-12,14H2,1-3H3. The fourth-order valence-corrected chi connectivity index (χ4v) is 2.74. The van der Waals surface area contributed by atoms with Gasteiger partial charge in [0.05, 0.1) is 12.0 Å². The lowest BCUT2D eigenvalue weighted by Gasteiger charge is -2.21. The van der Waals surface area contributed by atoms with Crippen LogP contribution in [0.3, 0.4) is 0 Å². The van der Waals surface area contributed by atoms with Gasteiger partial charge in [-0.3, -0.25) is 4.79 Å². The fourth-order valence-electron chi connectivity index (χ4n) is 2.74. The highest BCUT2D eigenvalue weighted by atomic mass is 19.4. The van der Waals surface area contributed by atoms with Crippen LogP contribution in [0.15, 0.2) is 48.5 Å². The number of carbonyl (C=O) groups excluding carboxylic acids is 1. The van der Waals surface area contributed by atoms with Crippen LogP contribution in [0.4, 0.5) is 18.9 Å². The normalized spacial score (nSPS) is 11.3. The quantitative estimate of drug-likeness (QED) is 0.773. The van der Waals surface area contributed by atoms with Gasteiger partial charge in [0.2, 0.25) is 5.91 Å². The van der Waals surface area contributed by atoms with Crippen molar-refractivity contribution in [3.63, 3.8) is 0 Å². The average molecular weight is 364 g/mol. The third-order valence-electron chi connectivity index (χ3n) is 4.23. The lowest BCUT2D eigenvalue weighted by atomic mass is 10.1. The fraction of sp³-hybridized carbons (Fsp3) is 0.350. The van der Waals surface area contributed by atoms with Crippen LogP contribution in [0.1, 0.15) is 16.7 Å². The number of nitrogens with zero attached hydrogens (tertiary/aromatic N) is 2. The van der Waals surface area contributed by atoms with Crippen molar-refractivity contribution in [1.82, 2.24) is 4.90 Å². The number of para-hydroxylation sites is 1. The van der Waals surface area contributed by atoms with Crippen molar-refractivity contribution >= 4 is 11.6 Å². The molecule has 2 aromatic carbocycles. The molecule has 0 aromatic heterocycles. The van der Waals surface area contributed by atoms with Crippen molar-refractivity contribution in [2.24, 2.45) is 0 Å². The minimum absolute atomic E-state index is 0.0459. The van der Waals surface area contributed by atoms with E-state index in [0.29, 0.717) is 18.5 Å². The van der Waals surface area contributed by atoms with Crippen molar-refractivity contribution in [1.29, 1.82) is 0 Å². The number of hydrogen-bond acceptors (Lipinski definition) is 2. The molecule has 0 unspecified atom stereocenters. The molecule has 0 saturated heterocycles. The van der Waals surface area contributed by atoms with Gasteiger partial charge in [-0.2, -0.15) is 13.2 Å². The summed E-state index contributed by atoms with van der Waals surface area (Å²) in [6.07, 6.45) is -3.77. The maximum absolute atomic E-state index is 12.8. The first kappa shape index (κ1) is 19.8. The van der Waals surface area contributed by atoms with Crippen LogP contribution >= 0.6 is 0 Å². The number of amides is 1. The van der Waals surface area contributed by atoms with Gasteiger partial charge in [0.15, 0.2) is 0 Å². The second kappa shape index (κ2) is 8.25. The first-order valence-corrected chi connectivity index (χ1v) is 8.34. The molecular formula is C20H23F3N2O. The van der Waals surface area contributed by atoms with Gasteiger partial charge in [0.1, 0.15) is 0 Å². The average Bonchev–Trinajstić information content (AvgIpc) is 2.59. The van der Waals surface area contributed by atoms with Crippen LogP contribution in [-0.2, 0) is 23.8 Å². The molecule has 26 heavy (non-hydrogen) atoms. The summed E-state index contributed by atoms with van der Waals surface area (Å²) in [6.45, 7) is 0.503. The van der Waals surface area contributed by atoms with E-state index in [1.54, 1.807) is 18.0 Å².